The highest BCUT2D eigenvalue weighted by molar-refractivity contribution is 7.89. The van der Waals surface area contributed by atoms with Gasteiger partial charge >= 0.3 is 5.97 Å². The number of hydrogen-bond acceptors (Lipinski definition) is 5. The van der Waals surface area contributed by atoms with Gasteiger partial charge in [-0.1, -0.05) is 0 Å². The van der Waals surface area contributed by atoms with Crippen molar-refractivity contribution in [1.29, 1.82) is 0 Å². The average Bonchev–Trinajstić information content (AvgIpc) is 3.05. The molecule has 9 heteroatoms. The van der Waals surface area contributed by atoms with Gasteiger partial charge in [-0.15, -0.1) is 0 Å². The van der Waals surface area contributed by atoms with Gasteiger partial charge < -0.3 is 9.84 Å². The highest BCUT2D eigenvalue weighted by Crippen LogP contribution is 2.25. The molecule has 1 saturated heterocycles. The first-order valence-electron chi connectivity index (χ1n) is 6.23. The maximum Gasteiger partial charge on any atom is 0.322 e. The van der Waals surface area contributed by atoms with Crippen molar-refractivity contribution in [3.63, 3.8) is 0 Å². The number of carbonyl (C=O) groups is 1. The molecule has 1 aromatic rings. The lowest BCUT2D eigenvalue weighted by atomic mass is 10.2. The van der Waals surface area contributed by atoms with Gasteiger partial charge in [-0.3, -0.25) is 9.48 Å². The average molecular weight is 303 g/mol. The van der Waals surface area contributed by atoms with E-state index in [2.05, 4.69) is 5.10 Å². The van der Waals surface area contributed by atoms with Crippen LogP contribution in [0, 0.1) is 0 Å². The lowest BCUT2D eigenvalue weighted by Crippen LogP contribution is -2.40. The molecule has 0 amide bonds. The van der Waals surface area contributed by atoms with Gasteiger partial charge in [-0.2, -0.15) is 9.40 Å². The number of carboxylic acid groups (broad SMARTS) is 1. The minimum atomic E-state index is -3.81. The Bertz CT molecular complexity index is 583. The van der Waals surface area contributed by atoms with Crippen LogP contribution in [0.2, 0.25) is 0 Å². The number of hydrogen-bond donors (Lipinski definition) is 1. The van der Waals surface area contributed by atoms with Crippen molar-refractivity contribution in [1.82, 2.24) is 14.1 Å². The molecule has 0 saturated carbocycles. The van der Waals surface area contributed by atoms with E-state index < -0.39 is 22.0 Å². The van der Waals surface area contributed by atoms with Crippen molar-refractivity contribution in [3.05, 3.63) is 12.4 Å². The van der Waals surface area contributed by atoms with Crippen molar-refractivity contribution in [2.75, 3.05) is 20.3 Å². The summed E-state index contributed by atoms with van der Waals surface area (Å²) in [6, 6.07) is -0.984. The monoisotopic (exact) mass is 303 g/mol. The van der Waals surface area contributed by atoms with E-state index in [1.54, 1.807) is 7.11 Å². The molecule has 1 N–H and O–H groups in total. The first-order chi connectivity index (χ1) is 9.46. The lowest BCUT2D eigenvalue weighted by molar-refractivity contribution is -0.140. The SMILES string of the molecule is COCCn1cc(S(=O)(=O)N2CCCC2C(=O)O)cn1. The summed E-state index contributed by atoms with van der Waals surface area (Å²) in [7, 11) is -2.26. The van der Waals surface area contributed by atoms with Gasteiger partial charge in [-0.05, 0) is 12.8 Å². The molecule has 1 aromatic heterocycles. The van der Waals surface area contributed by atoms with Crippen LogP contribution in [-0.4, -0.2) is 59.9 Å². The number of aliphatic carboxylic acids is 1. The summed E-state index contributed by atoms with van der Waals surface area (Å²) < 4.78 is 32.2. The minimum absolute atomic E-state index is 0.0155. The summed E-state index contributed by atoms with van der Waals surface area (Å²) in [5, 5.41) is 13.0. The third-order valence-electron chi connectivity index (χ3n) is 3.23. The summed E-state index contributed by atoms with van der Waals surface area (Å²) in [6.07, 6.45) is 3.52. The molecule has 0 aromatic carbocycles. The summed E-state index contributed by atoms with van der Waals surface area (Å²) in [5.74, 6) is -1.11. The Labute approximate surface area is 117 Å². The van der Waals surface area contributed by atoms with Gasteiger partial charge in [0.25, 0.3) is 0 Å². The van der Waals surface area contributed by atoms with E-state index in [0.29, 0.717) is 26.0 Å². The molecule has 0 bridgehead atoms. The first kappa shape index (κ1) is 14.9. The van der Waals surface area contributed by atoms with Crippen LogP contribution in [0.3, 0.4) is 0 Å². The van der Waals surface area contributed by atoms with Crippen molar-refractivity contribution in [2.45, 2.75) is 30.3 Å². The number of carboxylic acids is 1. The van der Waals surface area contributed by atoms with Crippen molar-refractivity contribution < 1.29 is 23.1 Å². The van der Waals surface area contributed by atoms with Crippen LogP contribution in [0.5, 0.6) is 0 Å². The number of nitrogens with zero attached hydrogens (tertiary/aromatic N) is 3. The molecular weight excluding hydrogens is 286 g/mol. The number of methoxy groups -OCH3 is 1. The van der Waals surface area contributed by atoms with E-state index in [4.69, 9.17) is 9.84 Å². The fraction of sp³-hybridized carbons (Fsp3) is 0.636. The maximum atomic E-state index is 12.4. The number of aromatic nitrogens is 2. The topological polar surface area (TPSA) is 102 Å². The zero-order valence-electron chi connectivity index (χ0n) is 11.1. The predicted molar refractivity (Wildman–Crippen MR) is 68.7 cm³/mol. The van der Waals surface area contributed by atoms with Gasteiger partial charge in [0, 0.05) is 19.9 Å². The summed E-state index contributed by atoms with van der Waals surface area (Å²) in [5.41, 5.74) is 0. The Morgan fingerprint density at radius 1 is 1.60 bits per heavy atom. The van der Waals surface area contributed by atoms with E-state index in [-0.39, 0.29) is 11.4 Å². The zero-order chi connectivity index (χ0) is 14.8. The van der Waals surface area contributed by atoms with E-state index in [1.165, 1.54) is 17.1 Å². The molecule has 1 aliphatic rings. The molecule has 8 nitrogen and oxygen atoms in total. The number of ether oxygens (including phenoxy) is 1. The van der Waals surface area contributed by atoms with Crippen LogP contribution in [0.1, 0.15) is 12.8 Å². The van der Waals surface area contributed by atoms with Gasteiger partial charge in [0.05, 0.1) is 19.3 Å². The quantitative estimate of drug-likeness (QED) is 0.778. The Balaban J connectivity index is 2.21. The van der Waals surface area contributed by atoms with E-state index in [1.807, 2.05) is 0 Å². The highest BCUT2D eigenvalue weighted by Gasteiger charge is 2.39. The lowest BCUT2D eigenvalue weighted by Gasteiger charge is -2.19. The van der Waals surface area contributed by atoms with Gasteiger partial charge in [0.2, 0.25) is 10.0 Å². The van der Waals surface area contributed by atoms with Gasteiger partial charge in [0.1, 0.15) is 10.9 Å². The molecule has 0 radical (unpaired) electrons. The van der Waals surface area contributed by atoms with E-state index in [0.717, 1.165) is 4.31 Å². The van der Waals surface area contributed by atoms with Crippen LogP contribution in [0.15, 0.2) is 17.3 Å². The summed E-state index contributed by atoms with van der Waals surface area (Å²) >= 11 is 0. The number of sulfonamides is 1. The molecule has 112 valence electrons. The molecule has 2 rings (SSSR count). The Morgan fingerprint density at radius 3 is 3.00 bits per heavy atom. The molecule has 1 unspecified atom stereocenters. The van der Waals surface area contributed by atoms with Crippen molar-refractivity contribution >= 4 is 16.0 Å². The Hall–Kier alpha value is -1.45. The van der Waals surface area contributed by atoms with Crippen molar-refractivity contribution in [3.8, 4) is 0 Å². The molecular formula is C11H17N3O5S. The first-order valence-corrected chi connectivity index (χ1v) is 7.67. The number of rotatable bonds is 6. The second kappa shape index (κ2) is 5.90. The second-order valence-electron chi connectivity index (χ2n) is 4.54. The molecule has 20 heavy (non-hydrogen) atoms. The van der Waals surface area contributed by atoms with Gasteiger partial charge in [0.15, 0.2) is 0 Å². The maximum absolute atomic E-state index is 12.4. The van der Waals surface area contributed by atoms with E-state index in [9.17, 15) is 13.2 Å². The van der Waals surface area contributed by atoms with Crippen LogP contribution >= 0.6 is 0 Å². The fourth-order valence-corrected chi connectivity index (χ4v) is 3.80. The molecule has 1 fully saturated rings. The van der Waals surface area contributed by atoms with Crippen LogP contribution < -0.4 is 0 Å². The van der Waals surface area contributed by atoms with E-state index >= 15 is 0 Å². The largest absolute Gasteiger partial charge is 0.480 e. The van der Waals surface area contributed by atoms with Crippen LogP contribution in [0.25, 0.3) is 0 Å². The molecule has 0 spiro atoms. The normalized spacial score (nSPS) is 20.4. The van der Waals surface area contributed by atoms with Crippen molar-refractivity contribution in [2.24, 2.45) is 0 Å². The van der Waals surface area contributed by atoms with Crippen LogP contribution in [0.4, 0.5) is 0 Å². The van der Waals surface area contributed by atoms with Gasteiger partial charge in [-0.25, -0.2) is 8.42 Å². The highest BCUT2D eigenvalue weighted by atomic mass is 32.2. The standard InChI is InChI=1S/C11H17N3O5S/c1-19-6-5-13-8-9(7-12-13)20(17,18)14-4-2-3-10(14)11(15)16/h7-8,10H,2-6H2,1H3,(H,15,16). The van der Waals surface area contributed by atoms with Crippen LogP contribution in [-0.2, 0) is 26.1 Å². The molecule has 1 atom stereocenters. The predicted octanol–water partition coefficient (Wildman–Crippen LogP) is -0.233. The smallest absolute Gasteiger partial charge is 0.322 e. The summed E-state index contributed by atoms with van der Waals surface area (Å²) in [4.78, 5) is 11.1. The zero-order valence-corrected chi connectivity index (χ0v) is 11.9. The second-order valence-corrected chi connectivity index (χ2v) is 6.43. The third kappa shape index (κ3) is 2.84. The molecule has 0 aliphatic carbocycles. The fourth-order valence-electron chi connectivity index (χ4n) is 2.19. The molecule has 2 heterocycles. The third-order valence-corrected chi connectivity index (χ3v) is 5.09. The summed E-state index contributed by atoms with van der Waals surface area (Å²) in [6.45, 7) is 1.08. The Morgan fingerprint density at radius 2 is 2.35 bits per heavy atom. The minimum Gasteiger partial charge on any atom is -0.480 e. The Kier molecular flexibility index (Phi) is 4.41. The molecule has 1 aliphatic heterocycles.